The van der Waals surface area contributed by atoms with Gasteiger partial charge < -0.3 is 15.4 Å². The molecule has 0 saturated heterocycles. The molecule has 0 fully saturated rings. The quantitative estimate of drug-likeness (QED) is 0.523. The molecule has 3 aromatic carbocycles. The minimum Gasteiger partial charge on any atom is -0.484 e. The van der Waals surface area contributed by atoms with Crippen molar-refractivity contribution in [2.24, 2.45) is 0 Å². The molecule has 0 unspecified atom stereocenters. The van der Waals surface area contributed by atoms with Gasteiger partial charge in [-0.2, -0.15) is 13.2 Å². The van der Waals surface area contributed by atoms with Crippen molar-refractivity contribution in [3.05, 3.63) is 89.0 Å². The van der Waals surface area contributed by atoms with Crippen molar-refractivity contribution in [2.45, 2.75) is 20.0 Å². The number of anilines is 2. The third-order valence-electron chi connectivity index (χ3n) is 4.60. The minimum atomic E-state index is -4.50. The molecule has 0 aliphatic rings. The summed E-state index contributed by atoms with van der Waals surface area (Å²) in [4.78, 5) is 24.5. The number of halogens is 3. The Bertz CT molecular complexity index is 1130. The van der Waals surface area contributed by atoms with Crippen molar-refractivity contribution in [3.63, 3.8) is 0 Å². The second kappa shape index (κ2) is 9.55. The second-order valence-electron chi connectivity index (χ2n) is 7.21. The third kappa shape index (κ3) is 6.10. The van der Waals surface area contributed by atoms with Gasteiger partial charge in [0.1, 0.15) is 5.75 Å². The van der Waals surface area contributed by atoms with Crippen LogP contribution in [-0.2, 0) is 11.0 Å². The Hall–Kier alpha value is -3.81. The van der Waals surface area contributed by atoms with E-state index in [9.17, 15) is 22.8 Å². The topological polar surface area (TPSA) is 67.4 Å². The van der Waals surface area contributed by atoms with Crippen LogP contribution in [0.1, 0.15) is 27.0 Å². The lowest BCUT2D eigenvalue weighted by Crippen LogP contribution is -2.20. The van der Waals surface area contributed by atoms with Gasteiger partial charge in [-0.1, -0.05) is 18.2 Å². The van der Waals surface area contributed by atoms with E-state index in [1.165, 1.54) is 36.4 Å². The van der Waals surface area contributed by atoms with E-state index in [0.717, 1.165) is 23.3 Å². The molecule has 0 aliphatic carbocycles. The fourth-order valence-electron chi connectivity index (χ4n) is 2.88. The first-order chi connectivity index (χ1) is 15.1. The molecule has 32 heavy (non-hydrogen) atoms. The van der Waals surface area contributed by atoms with Crippen LogP contribution in [0.4, 0.5) is 24.5 Å². The zero-order chi connectivity index (χ0) is 23.3. The Morgan fingerprint density at radius 2 is 1.62 bits per heavy atom. The van der Waals surface area contributed by atoms with Gasteiger partial charge in [0.15, 0.2) is 6.61 Å². The summed E-state index contributed by atoms with van der Waals surface area (Å²) in [6, 6.07) is 16.0. The summed E-state index contributed by atoms with van der Waals surface area (Å²) in [5.41, 5.74) is 2.08. The molecule has 166 valence electrons. The number of alkyl halides is 3. The van der Waals surface area contributed by atoms with E-state index in [1.54, 1.807) is 0 Å². The van der Waals surface area contributed by atoms with Gasteiger partial charge in [0, 0.05) is 16.9 Å². The number of rotatable bonds is 6. The molecule has 2 amide bonds. The lowest BCUT2D eigenvalue weighted by molar-refractivity contribution is -0.137. The lowest BCUT2D eigenvalue weighted by Gasteiger charge is -2.11. The minimum absolute atomic E-state index is 0.0354. The van der Waals surface area contributed by atoms with Gasteiger partial charge in [-0.25, -0.2) is 0 Å². The first-order valence-corrected chi connectivity index (χ1v) is 9.70. The van der Waals surface area contributed by atoms with Gasteiger partial charge in [0.25, 0.3) is 11.8 Å². The fraction of sp³-hybridized carbons (Fsp3) is 0.167. The number of hydrogen-bond donors (Lipinski definition) is 2. The molecule has 0 saturated carbocycles. The van der Waals surface area contributed by atoms with Crippen molar-refractivity contribution >= 4 is 23.2 Å². The van der Waals surface area contributed by atoms with Gasteiger partial charge >= 0.3 is 6.18 Å². The van der Waals surface area contributed by atoms with Gasteiger partial charge in [-0.3, -0.25) is 9.59 Å². The van der Waals surface area contributed by atoms with Gasteiger partial charge in [-0.15, -0.1) is 0 Å². The molecule has 3 aromatic rings. The predicted octanol–water partition coefficient (Wildman–Crippen LogP) is 5.59. The summed E-state index contributed by atoms with van der Waals surface area (Å²) >= 11 is 0. The van der Waals surface area contributed by atoms with Crippen molar-refractivity contribution < 1.29 is 27.5 Å². The number of benzene rings is 3. The van der Waals surface area contributed by atoms with Crippen LogP contribution in [0.3, 0.4) is 0 Å². The summed E-state index contributed by atoms with van der Waals surface area (Å²) < 4.78 is 43.9. The highest BCUT2D eigenvalue weighted by atomic mass is 19.4. The maximum Gasteiger partial charge on any atom is 0.416 e. The zero-order valence-corrected chi connectivity index (χ0v) is 17.4. The van der Waals surface area contributed by atoms with Crippen molar-refractivity contribution in [3.8, 4) is 5.75 Å². The molecular weight excluding hydrogens is 421 g/mol. The number of ether oxygens (including phenoxy) is 1. The van der Waals surface area contributed by atoms with Crippen LogP contribution in [0.5, 0.6) is 5.75 Å². The zero-order valence-electron chi connectivity index (χ0n) is 17.4. The molecule has 5 nitrogen and oxygen atoms in total. The van der Waals surface area contributed by atoms with Crippen molar-refractivity contribution in [1.82, 2.24) is 0 Å². The van der Waals surface area contributed by atoms with E-state index in [4.69, 9.17) is 4.74 Å². The number of amides is 2. The second-order valence-corrected chi connectivity index (χ2v) is 7.21. The normalized spacial score (nSPS) is 11.0. The number of aryl methyl sites for hydroxylation is 2. The maximum absolute atomic E-state index is 12.8. The van der Waals surface area contributed by atoms with Crippen LogP contribution in [-0.4, -0.2) is 18.4 Å². The van der Waals surface area contributed by atoms with Crippen LogP contribution in [0.2, 0.25) is 0 Å². The molecule has 0 bridgehead atoms. The molecule has 2 N–H and O–H groups in total. The monoisotopic (exact) mass is 442 g/mol. The summed E-state index contributed by atoms with van der Waals surface area (Å²) in [7, 11) is 0. The van der Waals surface area contributed by atoms with Crippen molar-refractivity contribution in [2.75, 3.05) is 17.2 Å². The van der Waals surface area contributed by atoms with Crippen LogP contribution in [0.15, 0.2) is 66.7 Å². The fourth-order valence-corrected chi connectivity index (χ4v) is 2.88. The van der Waals surface area contributed by atoms with E-state index in [-0.39, 0.29) is 23.8 Å². The summed E-state index contributed by atoms with van der Waals surface area (Å²) in [5.74, 6) is -0.523. The largest absolute Gasteiger partial charge is 0.484 e. The van der Waals surface area contributed by atoms with Crippen LogP contribution in [0.25, 0.3) is 0 Å². The molecule has 0 atom stereocenters. The molecule has 8 heteroatoms. The number of nitrogens with one attached hydrogen (secondary N) is 2. The molecule has 0 aliphatic heterocycles. The molecule has 0 radical (unpaired) electrons. The van der Waals surface area contributed by atoms with E-state index in [2.05, 4.69) is 10.6 Å². The maximum atomic E-state index is 12.8. The van der Waals surface area contributed by atoms with E-state index in [1.807, 2.05) is 32.0 Å². The Kier molecular flexibility index (Phi) is 6.82. The molecule has 3 rings (SSSR count). The highest BCUT2D eigenvalue weighted by Gasteiger charge is 2.30. The number of carbonyl (C=O) groups is 2. The molecule has 0 spiro atoms. The Labute approximate surface area is 183 Å². The summed E-state index contributed by atoms with van der Waals surface area (Å²) in [6.45, 7) is 3.60. The number of carbonyl (C=O) groups excluding carboxylic acids is 2. The smallest absolute Gasteiger partial charge is 0.416 e. The lowest BCUT2D eigenvalue weighted by atomic mass is 10.1. The van der Waals surface area contributed by atoms with E-state index in [0.29, 0.717) is 11.4 Å². The summed E-state index contributed by atoms with van der Waals surface area (Å²) in [5, 5.41) is 5.22. The Morgan fingerprint density at radius 3 is 2.31 bits per heavy atom. The Morgan fingerprint density at radius 1 is 0.906 bits per heavy atom. The molecule has 0 heterocycles. The standard InChI is InChI=1S/C24H21F3N2O3/c1-15-6-7-16(2)21(12-15)29-22(30)14-32-20-10-8-17(9-11-20)23(31)28-19-5-3-4-18(13-19)24(25,26)27/h3-13H,14H2,1-2H3,(H,28,31)(H,29,30). The molecular formula is C24H21F3N2O3. The van der Waals surface area contributed by atoms with E-state index < -0.39 is 17.6 Å². The average Bonchev–Trinajstić information content (AvgIpc) is 2.75. The average molecular weight is 442 g/mol. The summed E-state index contributed by atoms with van der Waals surface area (Å²) in [6.07, 6.45) is -4.50. The van der Waals surface area contributed by atoms with Gasteiger partial charge in [-0.05, 0) is 73.5 Å². The number of hydrogen-bond acceptors (Lipinski definition) is 3. The van der Waals surface area contributed by atoms with Gasteiger partial charge in [0.05, 0.1) is 5.56 Å². The third-order valence-corrected chi connectivity index (χ3v) is 4.60. The van der Waals surface area contributed by atoms with Crippen molar-refractivity contribution in [1.29, 1.82) is 0 Å². The SMILES string of the molecule is Cc1ccc(C)c(NC(=O)COc2ccc(C(=O)Nc3cccc(C(F)(F)F)c3)cc2)c1. The van der Waals surface area contributed by atoms with Crippen LogP contribution >= 0.6 is 0 Å². The highest BCUT2D eigenvalue weighted by molar-refractivity contribution is 6.04. The van der Waals surface area contributed by atoms with Gasteiger partial charge in [0.2, 0.25) is 0 Å². The Balaban J connectivity index is 1.56. The first kappa shape index (κ1) is 22.9. The van der Waals surface area contributed by atoms with Crippen LogP contribution in [0, 0.1) is 13.8 Å². The highest BCUT2D eigenvalue weighted by Crippen LogP contribution is 2.30. The van der Waals surface area contributed by atoms with E-state index >= 15 is 0 Å². The molecule has 0 aromatic heterocycles. The van der Waals surface area contributed by atoms with Crippen LogP contribution < -0.4 is 15.4 Å². The first-order valence-electron chi connectivity index (χ1n) is 9.70. The predicted molar refractivity (Wildman–Crippen MR) is 116 cm³/mol.